The van der Waals surface area contributed by atoms with E-state index in [0.717, 1.165) is 6.42 Å². The zero-order valence-electron chi connectivity index (χ0n) is 31.0. The maximum atomic E-state index is 2.58. The van der Waals surface area contributed by atoms with Crippen LogP contribution in [-0.2, 0) is 11.8 Å². The number of hydrogen-bond donors (Lipinski definition) is 0. The maximum absolute atomic E-state index is 2.58. The Labute approximate surface area is 294 Å². The summed E-state index contributed by atoms with van der Waals surface area (Å²) in [5.74, 6) is 0. The van der Waals surface area contributed by atoms with E-state index in [0.29, 0.717) is 0 Å². The Morgan fingerprint density at radius 2 is 0.796 bits per heavy atom. The highest BCUT2D eigenvalue weighted by molar-refractivity contribution is 5.94. The second kappa shape index (κ2) is 12.2. The largest absolute Gasteiger partial charge is 0.309 e. The molecule has 0 N–H and O–H groups in total. The highest BCUT2D eigenvalue weighted by atomic mass is 15.2. The van der Waals surface area contributed by atoms with Crippen LogP contribution in [0.2, 0.25) is 0 Å². The highest BCUT2D eigenvalue weighted by Crippen LogP contribution is 2.57. The minimum absolute atomic E-state index is 0.184. The number of rotatable bonds is 3. The van der Waals surface area contributed by atoms with Gasteiger partial charge < -0.3 is 4.90 Å². The number of anilines is 3. The number of nitrogens with zero attached hydrogens (tertiary/aromatic N) is 1. The topological polar surface area (TPSA) is 3.24 Å². The van der Waals surface area contributed by atoms with Crippen molar-refractivity contribution in [3.8, 4) is 33.4 Å². The molecule has 2 heterocycles. The molecular weight excluding hydrogens is 591 g/mol. The lowest BCUT2D eigenvalue weighted by molar-refractivity contribution is 0.630. The van der Waals surface area contributed by atoms with E-state index >= 15 is 0 Å². The number of aryl methyl sites for hydroxylation is 6. The molecular formula is C48H49N. The van der Waals surface area contributed by atoms with E-state index in [1.54, 1.807) is 0 Å². The fraction of sp³-hybridized carbons (Fsp3) is 0.250. The fourth-order valence-corrected chi connectivity index (χ4v) is 8.42. The number of benzene rings is 6. The van der Waals surface area contributed by atoms with Crippen LogP contribution in [-0.4, -0.2) is 0 Å². The Morgan fingerprint density at radius 1 is 0.408 bits per heavy atom. The Kier molecular flexibility index (Phi) is 8.14. The molecule has 8 rings (SSSR count). The van der Waals surface area contributed by atoms with Crippen molar-refractivity contribution in [2.24, 2.45) is 0 Å². The molecule has 0 saturated heterocycles. The van der Waals surface area contributed by atoms with Gasteiger partial charge in [-0.25, -0.2) is 0 Å². The number of fused-ring (bicyclic) bond motifs is 4. The van der Waals surface area contributed by atoms with Crippen LogP contribution < -0.4 is 4.90 Å². The van der Waals surface area contributed by atoms with Gasteiger partial charge in [0.05, 0.1) is 11.4 Å². The second-order valence-corrected chi connectivity index (χ2v) is 14.9. The first-order chi connectivity index (χ1) is 23.4. The average molecular weight is 640 g/mol. The zero-order chi connectivity index (χ0) is 34.8. The van der Waals surface area contributed by atoms with Gasteiger partial charge in [0.1, 0.15) is 0 Å². The molecule has 1 heteroatoms. The summed E-state index contributed by atoms with van der Waals surface area (Å²) in [7, 11) is 0. The standard InChI is InChI=1S/C46H43N.C2H6/c1-27-13-28(2)17-35(16-27)33-9-11-43-39(22-33)24-40-23-38(37-20-31(5)15-32(6)21-37)26-42-45(40)47(43)44-12-10-34(25-41(44)46(42,7)8)36-18-29(3)14-30(4)19-36;1-2/h9-23,25-26H,24H2,1-8H3;1-2H3. The Hall–Kier alpha value is -4.88. The summed E-state index contributed by atoms with van der Waals surface area (Å²) in [6.07, 6.45) is 0.914. The molecule has 1 nitrogen and oxygen atoms in total. The molecule has 0 aliphatic carbocycles. The summed E-state index contributed by atoms with van der Waals surface area (Å²) in [6, 6.07) is 40.0. The van der Waals surface area contributed by atoms with Crippen molar-refractivity contribution in [1.82, 2.24) is 0 Å². The van der Waals surface area contributed by atoms with E-state index in [1.807, 2.05) is 13.8 Å². The van der Waals surface area contributed by atoms with E-state index in [-0.39, 0.29) is 5.41 Å². The van der Waals surface area contributed by atoms with E-state index < -0.39 is 0 Å². The van der Waals surface area contributed by atoms with Crippen LogP contribution in [0.3, 0.4) is 0 Å². The molecule has 0 spiro atoms. The van der Waals surface area contributed by atoms with Crippen molar-refractivity contribution in [1.29, 1.82) is 0 Å². The van der Waals surface area contributed by atoms with Gasteiger partial charge in [-0.1, -0.05) is 128 Å². The van der Waals surface area contributed by atoms with Crippen molar-refractivity contribution < 1.29 is 0 Å². The second-order valence-electron chi connectivity index (χ2n) is 14.9. The fourth-order valence-electron chi connectivity index (χ4n) is 8.42. The van der Waals surface area contributed by atoms with Crippen molar-refractivity contribution in [2.75, 3.05) is 4.90 Å². The lowest BCUT2D eigenvalue weighted by Crippen LogP contribution is -2.33. The van der Waals surface area contributed by atoms with Gasteiger partial charge in [-0.05, 0) is 134 Å². The van der Waals surface area contributed by atoms with Gasteiger partial charge in [-0.3, -0.25) is 0 Å². The molecule has 0 fully saturated rings. The van der Waals surface area contributed by atoms with Gasteiger partial charge in [0.2, 0.25) is 0 Å². The predicted molar refractivity (Wildman–Crippen MR) is 212 cm³/mol. The van der Waals surface area contributed by atoms with Crippen LogP contribution in [0, 0.1) is 41.5 Å². The van der Waals surface area contributed by atoms with Gasteiger partial charge in [0.25, 0.3) is 0 Å². The molecule has 0 unspecified atom stereocenters. The van der Waals surface area contributed by atoms with E-state index in [9.17, 15) is 0 Å². The quantitative estimate of drug-likeness (QED) is 0.186. The zero-order valence-corrected chi connectivity index (χ0v) is 31.0. The molecule has 0 amide bonds. The predicted octanol–water partition coefficient (Wildman–Crippen LogP) is 13.6. The first kappa shape index (κ1) is 32.7. The molecule has 0 aromatic heterocycles. The lowest BCUT2D eigenvalue weighted by atomic mass is 9.70. The van der Waals surface area contributed by atoms with Crippen molar-refractivity contribution in [2.45, 2.75) is 81.1 Å². The van der Waals surface area contributed by atoms with Crippen LogP contribution in [0.15, 0.2) is 103 Å². The summed E-state index contributed by atoms with van der Waals surface area (Å²) in [5.41, 5.74) is 24.9. The minimum Gasteiger partial charge on any atom is -0.309 e. The van der Waals surface area contributed by atoms with E-state index in [1.165, 1.54) is 106 Å². The summed E-state index contributed by atoms with van der Waals surface area (Å²) in [4.78, 5) is 2.58. The van der Waals surface area contributed by atoms with Gasteiger partial charge in [-0.15, -0.1) is 0 Å². The lowest BCUT2D eigenvalue weighted by Gasteiger charge is -2.46. The number of hydrogen-bond acceptors (Lipinski definition) is 1. The van der Waals surface area contributed by atoms with Crippen molar-refractivity contribution in [3.05, 3.63) is 159 Å². The summed E-state index contributed by atoms with van der Waals surface area (Å²) >= 11 is 0. The Bertz CT molecular complexity index is 2200. The van der Waals surface area contributed by atoms with Crippen LogP contribution in [0.1, 0.15) is 83.3 Å². The van der Waals surface area contributed by atoms with Crippen LogP contribution in [0.25, 0.3) is 33.4 Å². The first-order valence-electron chi connectivity index (χ1n) is 18.0. The SMILES string of the molecule is CC.Cc1cc(C)cc(-c2ccc3c(c2)Cc2cc(-c4cc(C)cc(C)c4)cc4c2N3c2ccc(-c3cc(C)cc(C)c3)cc2C4(C)C)c1. The third-order valence-corrected chi connectivity index (χ3v) is 10.4. The molecule has 0 atom stereocenters. The first-order valence-corrected chi connectivity index (χ1v) is 18.0. The van der Waals surface area contributed by atoms with Crippen LogP contribution >= 0.6 is 0 Å². The maximum Gasteiger partial charge on any atom is 0.0538 e. The van der Waals surface area contributed by atoms with Crippen molar-refractivity contribution in [3.63, 3.8) is 0 Å². The molecule has 2 aliphatic rings. The molecule has 49 heavy (non-hydrogen) atoms. The van der Waals surface area contributed by atoms with Crippen LogP contribution in [0.4, 0.5) is 17.1 Å². The van der Waals surface area contributed by atoms with Crippen LogP contribution in [0.5, 0.6) is 0 Å². The van der Waals surface area contributed by atoms with E-state index in [4.69, 9.17) is 0 Å². The van der Waals surface area contributed by atoms with Gasteiger partial charge in [0.15, 0.2) is 0 Å². The Balaban J connectivity index is 0.00000186. The third kappa shape index (κ3) is 5.70. The molecule has 0 saturated carbocycles. The molecule has 2 aliphatic heterocycles. The van der Waals surface area contributed by atoms with Gasteiger partial charge >= 0.3 is 0 Å². The normalized spacial score (nSPS) is 13.6. The molecule has 0 radical (unpaired) electrons. The monoisotopic (exact) mass is 639 g/mol. The summed E-state index contributed by atoms with van der Waals surface area (Å²) in [6.45, 7) is 22.0. The Morgan fingerprint density at radius 3 is 1.31 bits per heavy atom. The third-order valence-electron chi connectivity index (χ3n) is 10.4. The molecule has 0 bridgehead atoms. The smallest absolute Gasteiger partial charge is 0.0538 e. The summed E-state index contributed by atoms with van der Waals surface area (Å²) < 4.78 is 0. The highest BCUT2D eigenvalue weighted by Gasteiger charge is 2.41. The molecule has 6 aromatic carbocycles. The van der Waals surface area contributed by atoms with Gasteiger partial charge in [0, 0.05) is 17.5 Å². The molecule has 6 aromatic rings. The average Bonchev–Trinajstić information content (AvgIpc) is 3.05. The van der Waals surface area contributed by atoms with Gasteiger partial charge in [-0.2, -0.15) is 0 Å². The molecule has 246 valence electrons. The van der Waals surface area contributed by atoms with Crippen molar-refractivity contribution >= 4 is 17.1 Å². The summed E-state index contributed by atoms with van der Waals surface area (Å²) in [5, 5.41) is 0. The minimum atomic E-state index is -0.184. The van der Waals surface area contributed by atoms with E-state index in [2.05, 4.69) is 163 Å².